The van der Waals surface area contributed by atoms with Gasteiger partial charge < -0.3 is 4.74 Å². The van der Waals surface area contributed by atoms with E-state index in [0.29, 0.717) is 26.2 Å². The second-order valence-corrected chi connectivity index (χ2v) is 9.91. The highest BCUT2D eigenvalue weighted by molar-refractivity contribution is 14.1. The number of carbonyl (C=O) groups excluding carboxylic acids is 1. The summed E-state index contributed by atoms with van der Waals surface area (Å²) in [7, 11) is 0. The van der Waals surface area contributed by atoms with Crippen LogP contribution in [-0.2, 0) is 9.53 Å². The van der Waals surface area contributed by atoms with E-state index in [-0.39, 0.29) is 23.4 Å². The van der Waals surface area contributed by atoms with Crippen molar-refractivity contribution < 1.29 is 14.5 Å². The maximum Gasteiger partial charge on any atom is 0.338 e. The van der Waals surface area contributed by atoms with Gasteiger partial charge in [-0.15, -0.1) is 0 Å². The summed E-state index contributed by atoms with van der Waals surface area (Å²) in [5, 5.41) is 11.6. The molecule has 0 amide bonds. The van der Waals surface area contributed by atoms with Crippen LogP contribution in [0.4, 0.5) is 5.69 Å². The third-order valence-corrected chi connectivity index (χ3v) is 7.13. The molecule has 0 spiro atoms. The molecule has 3 aromatic rings. The molecule has 8 nitrogen and oxygen atoms in total. The number of aryl methyl sites for hydroxylation is 1. The maximum absolute atomic E-state index is 13.6. The van der Waals surface area contributed by atoms with E-state index in [1.807, 2.05) is 24.3 Å². The smallest absolute Gasteiger partial charge is 0.338 e. The molecule has 0 N–H and O–H groups in total. The number of nitro groups is 1. The predicted octanol–water partition coefficient (Wildman–Crippen LogP) is 3.62. The zero-order chi connectivity index (χ0) is 24.6. The molecule has 34 heavy (non-hydrogen) atoms. The van der Waals surface area contributed by atoms with E-state index in [4.69, 9.17) is 4.74 Å². The summed E-state index contributed by atoms with van der Waals surface area (Å²) in [5.41, 5.74) is 1.97. The molecule has 0 aliphatic carbocycles. The lowest BCUT2D eigenvalue weighted by Crippen LogP contribution is -2.40. The summed E-state index contributed by atoms with van der Waals surface area (Å²) in [6, 6.07) is 11.5. The van der Waals surface area contributed by atoms with Crippen molar-refractivity contribution in [1.82, 2.24) is 4.57 Å². The quantitative estimate of drug-likeness (QED) is 0.196. The summed E-state index contributed by atoms with van der Waals surface area (Å²) in [6.07, 6.45) is 1.78. The van der Waals surface area contributed by atoms with Crippen LogP contribution in [-0.4, -0.2) is 22.1 Å². The predicted molar refractivity (Wildman–Crippen MR) is 137 cm³/mol. The molecule has 1 aromatic heterocycles. The molecule has 0 bridgehead atoms. The zero-order valence-corrected chi connectivity index (χ0v) is 21.5. The Hall–Kier alpha value is -3.12. The van der Waals surface area contributed by atoms with E-state index in [9.17, 15) is 19.7 Å². The Morgan fingerprint density at radius 1 is 1.26 bits per heavy atom. The van der Waals surface area contributed by atoms with Gasteiger partial charge in [0.15, 0.2) is 4.80 Å². The molecule has 174 valence electrons. The molecule has 1 aliphatic heterocycles. The molecule has 10 heteroatoms. The number of fused-ring (bicyclic) bond motifs is 1. The Morgan fingerprint density at radius 2 is 1.97 bits per heavy atom. The highest BCUT2D eigenvalue weighted by Crippen LogP contribution is 2.33. The number of esters is 1. The molecule has 1 aliphatic rings. The van der Waals surface area contributed by atoms with Crippen LogP contribution in [0.2, 0.25) is 0 Å². The zero-order valence-electron chi connectivity index (χ0n) is 18.6. The number of nitro benzene ring substituents is 1. The SMILES string of the molecule is CCOC(=O)C1=C(C)N=c2s/c(=C/c3ccc(I)cc3)c(=O)n2[C@@H]1c1ccc(C)c([N+](=O)[O-])c1. The second-order valence-electron chi connectivity index (χ2n) is 7.66. The minimum atomic E-state index is -0.895. The van der Waals surface area contributed by atoms with Crippen LogP contribution < -0.4 is 14.9 Å². The van der Waals surface area contributed by atoms with Crippen molar-refractivity contribution in [2.24, 2.45) is 4.99 Å². The van der Waals surface area contributed by atoms with Crippen molar-refractivity contribution in [1.29, 1.82) is 0 Å². The molecule has 0 unspecified atom stereocenters. The summed E-state index contributed by atoms with van der Waals surface area (Å²) in [4.78, 5) is 42.6. The van der Waals surface area contributed by atoms with Gasteiger partial charge in [-0.25, -0.2) is 9.79 Å². The van der Waals surface area contributed by atoms with E-state index in [0.717, 1.165) is 9.13 Å². The summed E-state index contributed by atoms with van der Waals surface area (Å²) >= 11 is 3.42. The highest BCUT2D eigenvalue weighted by atomic mass is 127. The third-order valence-electron chi connectivity index (χ3n) is 5.43. The lowest BCUT2D eigenvalue weighted by Gasteiger charge is -2.24. The Labute approximate surface area is 212 Å². The average molecular weight is 589 g/mol. The van der Waals surface area contributed by atoms with Crippen LogP contribution in [0.25, 0.3) is 6.08 Å². The standard InChI is InChI=1S/C24H20IN3O5S/c1-4-33-23(30)20-14(3)26-24-27(21(20)16-8-5-13(2)18(12-16)28(31)32)22(29)19(34-24)11-15-6-9-17(25)10-7-15/h5-12,21H,4H2,1-3H3/b19-11+/t21-/m1/s1. The van der Waals surface area contributed by atoms with E-state index in [2.05, 4.69) is 27.6 Å². The number of thiazole rings is 1. The number of allylic oxidation sites excluding steroid dienone is 1. The van der Waals surface area contributed by atoms with Gasteiger partial charge in [0.05, 0.1) is 33.4 Å². The summed E-state index contributed by atoms with van der Waals surface area (Å²) < 4.78 is 8.21. The topological polar surface area (TPSA) is 104 Å². The normalized spacial score (nSPS) is 15.6. The second kappa shape index (κ2) is 9.63. The van der Waals surface area contributed by atoms with Crippen molar-refractivity contribution in [3.63, 3.8) is 0 Å². The van der Waals surface area contributed by atoms with Gasteiger partial charge in [0.2, 0.25) is 0 Å². The largest absolute Gasteiger partial charge is 0.463 e. The van der Waals surface area contributed by atoms with E-state index >= 15 is 0 Å². The number of nitrogens with zero attached hydrogens (tertiary/aromatic N) is 3. The van der Waals surface area contributed by atoms with E-state index < -0.39 is 16.9 Å². The van der Waals surface area contributed by atoms with Gasteiger partial charge in [-0.3, -0.25) is 19.5 Å². The number of aromatic nitrogens is 1. The Bertz CT molecular complexity index is 1520. The maximum atomic E-state index is 13.6. The minimum absolute atomic E-state index is 0.0867. The molecule has 2 heterocycles. The van der Waals surface area contributed by atoms with E-state index in [1.54, 1.807) is 39.0 Å². The highest BCUT2D eigenvalue weighted by Gasteiger charge is 2.34. The number of hydrogen-bond donors (Lipinski definition) is 0. The third kappa shape index (κ3) is 4.47. The molecule has 2 aromatic carbocycles. The monoisotopic (exact) mass is 589 g/mol. The van der Waals surface area contributed by atoms with Gasteiger partial charge >= 0.3 is 5.97 Å². The summed E-state index contributed by atoms with van der Waals surface area (Å²) in [5.74, 6) is -0.608. The van der Waals surface area contributed by atoms with Gasteiger partial charge in [-0.05, 0) is 72.7 Å². The minimum Gasteiger partial charge on any atom is -0.463 e. The number of ether oxygens (including phenoxy) is 1. The molecule has 4 rings (SSSR count). The molecule has 1 atom stereocenters. The van der Waals surface area contributed by atoms with Gasteiger partial charge in [-0.2, -0.15) is 0 Å². The molecular weight excluding hydrogens is 569 g/mol. The molecule has 0 saturated carbocycles. The van der Waals surface area contributed by atoms with Crippen molar-refractivity contribution in [3.05, 3.63) is 104 Å². The average Bonchev–Trinajstić information content (AvgIpc) is 3.09. The first kappa shape index (κ1) is 24.0. The lowest BCUT2D eigenvalue weighted by atomic mass is 9.94. The van der Waals surface area contributed by atoms with E-state index in [1.165, 1.54) is 22.0 Å². The molecule has 0 saturated heterocycles. The van der Waals surface area contributed by atoms with Crippen molar-refractivity contribution in [2.45, 2.75) is 26.8 Å². The van der Waals surface area contributed by atoms with Crippen LogP contribution in [0.1, 0.15) is 36.6 Å². The Balaban J connectivity index is 1.98. The van der Waals surface area contributed by atoms with Crippen LogP contribution in [0.15, 0.2) is 63.5 Å². The number of benzene rings is 2. The van der Waals surface area contributed by atoms with Crippen molar-refractivity contribution in [3.8, 4) is 0 Å². The van der Waals surface area contributed by atoms with Gasteiger partial charge in [0.1, 0.15) is 0 Å². The Kier molecular flexibility index (Phi) is 6.80. The van der Waals surface area contributed by atoms with Crippen LogP contribution in [0, 0.1) is 20.6 Å². The number of carbonyl (C=O) groups is 1. The lowest BCUT2D eigenvalue weighted by molar-refractivity contribution is -0.385. The van der Waals surface area contributed by atoms with Gasteiger partial charge in [0.25, 0.3) is 11.2 Å². The van der Waals surface area contributed by atoms with Gasteiger partial charge in [-0.1, -0.05) is 35.6 Å². The van der Waals surface area contributed by atoms with Crippen LogP contribution in [0.3, 0.4) is 0 Å². The fraction of sp³-hybridized carbons (Fsp3) is 0.208. The van der Waals surface area contributed by atoms with Crippen LogP contribution in [0.5, 0.6) is 0 Å². The Morgan fingerprint density at radius 3 is 2.62 bits per heavy atom. The fourth-order valence-electron chi connectivity index (χ4n) is 3.81. The number of halogens is 1. The molecule has 0 fully saturated rings. The van der Waals surface area contributed by atoms with Crippen molar-refractivity contribution >= 4 is 51.7 Å². The molecule has 0 radical (unpaired) electrons. The van der Waals surface area contributed by atoms with Crippen molar-refractivity contribution in [2.75, 3.05) is 6.61 Å². The molecular formula is C24H20IN3O5S. The van der Waals surface area contributed by atoms with Crippen LogP contribution >= 0.6 is 33.9 Å². The summed E-state index contributed by atoms with van der Waals surface area (Å²) in [6.45, 7) is 5.16. The first-order chi connectivity index (χ1) is 16.2. The fourth-order valence-corrected chi connectivity index (χ4v) is 5.22. The number of hydrogen-bond acceptors (Lipinski definition) is 7. The first-order valence-corrected chi connectivity index (χ1v) is 12.3. The first-order valence-electron chi connectivity index (χ1n) is 10.4. The van der Waals surface area contributed by atoms with Gasteiger partial charge in [0, 0.05) is 15.2 Å². The number of rotatable bonds is 5.